The standard InChI is InChI=1S/C36H35BF6O17P2/c38-35(39,40)24-11-25(36(41,42)43)13-26(12-24)58-37(59-61(16-29(46)47,17-30(48)49,18-31(50)51)14-27(44)22-7-3-1-4-8-22)60-62(19-32(52)53,20-33(54)55,21-34(56)57)15-28(45)23-9-5-2-6-10-23/h1-13H,14-21H2,(H,46,47)(H,48,49)(H,50,51)(H,52,53)(H,54,55)(H,56,57). The molecule has 0 aliphatic rings. The summed E-state index contributed by atoms with van der Waals surface area (Å²) in [5, 5.41) is 61.3. The molecule has 0 saturated carbocycles. The molecule has 0 fully saturated rings. The van der Waals surface area contributed by atoms with Crippen LogP contribution in [0, 0.1) is 0 Å². The molecule has 0 bridgehead atoms. The van der Waals surface area contributed by atoms with Gasteiger partial charge < -0.3 is 0 Å². The van der Waals surface area contributed by atoms with Crippen LogP contribution in [0.2, 0.25) is 0 Å². The molecule has 17 nitrogen and oxygen atoms in total. The predicted molar refractivity (Wildman–Crippen MR) is 205 cm³/mol. The molecule has 26 heteroatoms. The minimum atomic E-state index is -6.34. The molecule has 0 aliphatic carbocycles. The van der Waals surface area contributed by atoms with Gasteiger partial charge in [-0.2, -0.15) is 0 Å². The zero-order valence-corrected chi connectivity index (χ0v) is 33.4. The fourth-order valence-electron chi connectivity index (χ4n) is 6.83. The van der Waals surface area contributed by atoms with E-state index < -0.39 is 153 Å². The molecule has 0 atom stereocenters. The minimum absolute atomic E-state index is 0.152. The van der Waals surface area contributed by atoms with Crippen LogP contribution in [0.3, 0.4) is 0 Å². The number of halogens is 6. The van der Waals surface area contributed by atoms with E-state index in [9.17, 15) is 95.3 Å². The van der Waals surface area contributed by atoms with Crippen LogP contribution in [0.5, 0.6) is 5.75 Å². The van der Waals surface area contributed by atoms with Crippen molar-refractivity contribution in [3.8, 4) is 5.75 Å². The number of benzene rings is 3. The summed E-state index contributed by atoms with van der Waals surface area (Å²) in [7, 11) is -3.47. The molecule has 3 rings (SSSR count). The average Bonchev–Trinajstić information content (AvgIpc) is 3.09. The van der Waals surface area contributed by atoms with Gasteiger partial charge >= 0.3 is 346 Å². The van der Waals surface area contributed by atoms with Gasteiger partial charge in [0.1, 0.15) is 0 Å². The Balaban J connectivity index is 2.64. The molecule has 3 aromatic carbocycles. The first kappa shape index (κ1) is 50.4. The van der Waals surface area contributed by atoms with Crippen LogP contribution in [0.25, 0.3) is 0 Å². The van der Waals surface area contributed by atoms with Crippen molar-refractivity contribution in [3.05, 3.63) is 101 Å². The third-order valence-corrected chi connectivity index (χ3v) is 19.2. The number of carbonyl (C=O) groups is 8. The summed E-state index contributed by atoms with van der Waals surface area (Å²) in [5.41, 5.74) is -4.93. The van der Waals surface area contributed by atoms with Crippen LogP contribution in [0.4, 0.5) is 26.3 Å². The second-order valence-corrected chi connectivity index (χ2v) is 24.7. The molecule has 0 aliphatic heterocycles. The topological polar surface area (TPSA) is 286 Å². The van der Waals surface area contributed by atoms with Gasteiger partial charge in [0.2, 0.25) is 0 Å². The predicted octanol–water partition coefficient (Wildman–Crippen LogP) is 5.33. The molecule has 0 spiro atoms. The third-order valence-electron chi connectivity index (χ3n) is 9.05. The zero-order valence-electron chi connectivity index (χ0n) is 31.6. The molecule has 0 heterocycles. The molecule has 0 unspecified atom stereocenters. The number of Topliss-reactive ketones (excluding diaryl/α,β-unsaturated/α-hetero) is 2. The van der Waals surface area contributed by atoms with E-state index in [0.29, 0.717) is 0 Å². The van der Waals surface area contributed by atoms with Gasteiger partial charge in [0.15, 0.2) is 0 Å². The molecule has 3 aromatic rings. The van der Waals surface area contributed by atoms with Crippen LogP contribution >= 0.6 is 13.7 Å². The van der Waals surface area contributed by atoms with Crippen molar-refractivity contribution in [2.45, 2.75) is 12.4 Å². The first-order valence-corrected chi connectivity index (χ1v) is 23.1. The Hall–Kier alpha value is -5.96. The molecule has 0 amide bonds. The number of carbonyl (C=O) groups excluding carboxylic acids is 2. The van der Waals surface area contributed by atoms with Crippen LogP contribution in [0.1, 0.15) is 31.8 Å². The van der Waals surface area contributed by atoms with Crippen molar-refractivity contribution < 1.29 is 109 Å². The fraction of sp³-hybridized carbons (Fsp3) is 0.278. The molecular formula is C36H35BF6O17P2. The normalized spacial score (nSPS) is 13.3. The first-order valence-electron chi connectivity index (χ1n) is 17.3. The Bertz CT molecular complexity index is 2000. The molecule has 0 saturated heterocycles. The summed E-state index contributed by atoms with van der Waals surface area (Å²) in [4.78, 5) is 104. The van der Waals surface area contributed by atoms with Crippen LogP contribution in [-0.2, 0) is 50.0 Å². The van der Waals surface area contributed by atoms with Crippen LogP contribution in [0.15, 0.2) is 78.9 Å². The number of hydrogen-bond acceptors (Lipinski definition) is 11. The Labute approximate surface area is 345 Å². The summed E-state index contributed by atoms with van der Waals surface area (Å²) >= 11 is 0. The molecule has 336 valence electrons. The maximum absolute atomic E-state index is 14.1. The van der Waals surface area contributed by atoms with Crippen molar-refractivity contribution in [2.24, 2.45) is 0 Å². The fourth-order valence-corrected chi connectivity index (χ4v) is 15.9. The molecule has 6 N–H and O–H groups in total. The molecular weight excluding hydrogens is 891 g/mol. The Morgan fingerprint density at radius 2 is 0.726 bits per heavy atom. The molecule has 0 aromatic heterocycles. The number of hydrogen-bond donors (Lipinski definition) is 6. The second kappa shape index (κ2) is 19.0. The Morgan fingerprint density at radius 1 is 0.452 bits per heavy atom. The molecule has 0 radical (unpaired) electrons. The summed E-state index contributed by atoms with van der Waals surface area (Å²) in [5.74, 6) is -16.9. The Morgan fingerprint density at radius 3 is 0.968 bits per heavy atom. The summed E-state index contributed by atoms with van der Waals surface area (Å²) in [6, 6.07) is 11.5. The van der Waals surface area contributed by atoms with Gasteiger partial charge in [-0.05, 0) is 0 Å². The van der Waals surface area contributed by atoms with E-state index in [0.717, 1.165) is 24.3 Å². The van der Waals surface area contributed by atoms with Gasteiger partial charge in [0.25, 0.3) is 0 Å². The first-order chi connectivity index (χ1) is 28.5. The van der Waals surface area contributed by atoms with Gasteiger partial charge in [-0.15, -0.1) is 0 Å². The maximum atomic E-state index is 14.1. The van der Waals surface area contributed by atoms with E-state index in [1.165, 1.54) is 36.4 Å². The van der Waals surface area contributed by atoms with Gasteiger partial charge in [-0.3, -0.25) is 0 Å². The summed E-state index contributed by atoms with van der Waals surface area (Å²) in [6.45, 7) is -12.7. The van der Waals surface area contributed by atoms with Crippen LogP contribution in [-0.4, -0.2) is 135 Å². The van der Waals surface area contributed by atoms with Crippen molar-refractivity contribution in [3.63, 3.8) is 0 Å². The van der Waals surface area contributed by atoms with E-state index in [1.807, 2.05) is 0 Å². The quantitative estimate of drug-likeness (QED) is 0.0286. The SMILES string of the molecule is O=C(O)CP(CC(=O)O)(CC(=O)O)(CC(=O)c1ccccc1)OB(Oc1cc(C(F)(F)F)cc(C(F)(F)F)c1)OP(CC(=O)O)(CC(=O)O)(CC(=O)O)CC(=O)c1ccccc1. The van der Waals surface area contributed by atoms with Gasteiger partial charge in [0, 0.05) is 0 Å². The second-order valence-electron chi connectivity index (χ2n) is 14.3. The van der Waals surface area contributed by atoms with Crippen LogP contribution < -0.4 is 4.65 Å². The number of ketones is 2. The van der Waals surface area contributed by atoms with E-state index in [1.54, 1.807) is 0 Å². The van der Waals surface area contributed by atoms with E-state index in [4.69, 9.17) is 13.5 Å². The van der Waals surface area contributed by atoms with Crippen molar-refractivity contribution >= 4 is 68.4 Å². The monoisotopic (exact) mass is 926 g/mol. The number of alkyl halides is 6. The number of rotatable bonds is 24. The van der Waals surface area contributed by atoms with Crippen molar-refractivity contribution in [1.29, 1.82) is 0 Å². The summed E-state index contributed by atoms with van der Waals surface area (Å²) < 4.78 is 102. The third kappa shape index (κ3) is 13.5. The number of aliphatic carboxylic acids is 6. The zero-order chi connectivity index (χ0) is 46.9. The van der Waals surface area contributed by atoms with E-state index >= 15 is 0 Å². The Kier molecular flexibility index (Phi) is 15.4. The number of carboxylic acids is 6. The van der Waals surface area contributed by atoms with Crippen molar-refractivity contribution in [2.75, 3.05) is 49.3 Å². The van der Waals surface area contributed by atoms with E-state index in [2.05, 4.69) is 0 Å². The van der Waals surface area contributed by atoms with Gasteiger partial charge in [0.05, 0.1) is 0 Å². The van der Waals surface area contributed by atoms with Gasteiger partial charge in [-0.1, -0.05) is 0 Å². The average molecular weight is 926 g/mol. The number of carboxylic acid groups (broad SMARTS) is 6. The molecule has 62 heavy (non-hydrogen) atoms. The van der Waals surface area contributed by atoms with Gasteiger partial charge in [-0.25, -0.2) is 0 Å². The summed E-state index contributed by atoms with van der Waals surface area (Å²) in [6.07, 6.45) is -25.1. The van der Waals surface area contributed by atoms with E-state index in [-0.39, 0.29) is 23.3 Å². The van der Waals surface area contributed by atoms with Crippen molar-refractivity contribution in [1.82, 2.24) is 0 Å².